The monoisotopic (exact) mass is 322 g/mol. The molecule has 0 heterocycles. The molecule has 23 heavy (non-hydrogen) atoms. The molecular formula is C18H30N2O3. The van der Waals surface area contributed by atoms with E-state index in [0.717, 1.165) is 18.5 Å². The highest BCUT2D eigenvalue weighted by Crippen LogP contribution is 2.29. The minimum absolute atomic E-state index is 0.0344. The molecule has 0 aliphatic rings. The number of methoxy groups -OCH3 is 1. The lowest BCUT2D eigenvalue weighted by molar-refractivity contribution is -0.119. The SMILES string of the molecule is COc1cc(CNC(C)(C)CC(C)(C)C)ccc1OCC(N)=O. The van der Waals surface area contributed by atoms with Crippen LogP contribution in [0.4, 0.5) is 0 Å². The third kappa shape index (κ3) is 7.37. The number of nitrogens with one attached hydrogen (secondary N) is 1. The van der Waals surface area contributed by atoms with Crippen molar-refractivity contribution in [3.8, 4) is 11.5 Å². The van der Waals surface area contributed by atoms with Gasteiger partial charge in [-0.3, -0.25) is 4.79 Å². The second-order valence-corrected chi connectivity index (χ2v) is 7.72. The van der Waals surface area contributed by atoms with E-state index in [1.165, 1.54) is 0 Å². The van der Waals surface area contributed by atoms with Crippen LogP contribution in [0.25, 0.3) is 0 Å². The smallest absolute Gasteiger partial charge is 0.255 e. The van der Waals surface area contributed by atoms with E-state index in [-0.39, 0.29) is 17.6 Å². The first-order valence-electron chi connectivity index (χ1n) is 7.85. The molecule has 3 N–H and O–H groups in total. The first-order valence-corrected chi connectivity index (χ1v) is 7.85. The summed E-state index contributed by atoms with van der Waals surface area (Å²) in [5, 5.41) is 3.58. The molecule has 0 radical (unpaired) electrons. The molecule has 0 aliphatic heterocycles. The van der Waals surface area contributed by atoms with E-state index in [1.807, 2.05) is 12.1 Å². The highest BCUT2D eigenvalue weighted by molar-refractivity contribution is 5.75. The fourth-order valence-electron chi connectivity index (χ4n) is 2.82. The number of carbonyl (C=O) groups excluding carboxylic acids is 1. The van der Waals surface area contributed by atoms with Crippen LogP contribution in [-0.2, 0) is 11.3 Å². The average molecular weight is 322 g/mol. The Morgan fingerprint density at radius 2 is 1.83 bits per heavy atom. The van der Waals surface area contributed by atoms with Crippen LogP contribution in [-0.4, -0.2) is 25.2 Å². The Morgan fingerprint density at radius 1 is 1.17 bits per heavy atom. The summed E-state index contributed by atoms with van der Waals surface area (Å²) in [6.07, 6.45) is 1.07. The van der Waals surface area contributed by atoms with Crippen LogP contribution in [0.5, 0.6) is 11.5 Å². The quantitative estimate of drug-likeness (QED) is 0.772. The van der Waals surface area contributed by atoms with Crippen molar-refractivity contribution in [2.75, 3.05) is 13.7 Å². The van der Waals surface area contributed by atoms with E-state index in [2.05, 4.69) is 39.9 Å². The van der Waals surface area contributed by atoms with Gasteiger partial charge in [0.25, 0.3) is 5.91 Å². The Kier molecular flexibility index (Phi) is 6.45. The number of benzene rings is 1. The maximum Gasteiger partial charge on any atom is 0.255 e. The number of nitrogens with two attached hydrogens (primary N) is 1. The van der Waals surface area contributed by atoms with Crippen LogP contribution < -0.4 is 20.5 Å². The zero-order chi connectivity index (χ0) is 17.7. The van der Waals surface area contributed by atoms with E-state index < -0.39 is 5.91 Å². The molecule has 0 fully saturated rings. The third-order valence-corrected chi connectivity index (χ3v) is 3.34. The number of hydrogen-bond donors (Lipinski definition) is 2. The Morgan fingerprint density at radius 3 is 2.35 bits per heavy atom. The van der Waals surface area contributed by atoms with Crippen molar-refractivity contribution in [1.82, 2.24) is 5.32 Å². The van der Waals surface area contributed by atoms with Crippen LogP contribution in [0.2, 0.25) is 0 Å². The van der Waals surface area contributed by atoms with Crippen LogP contribution in [0.1, 0.15) is 46.6 Å². The topological polar surface area (TPSA) is 73.6 Å². The number of rotatable bonds is 8. The van der Waals surface area contributed by atoms with Crippen LogP contribution in [0, 0.1) is 5.41 Å². The van der Waals surface area contributed by atoms with Gasteiger partial charge >= 0.3 is 0 Å². The summed E-state index contributed by atoms with van der Waals surface area (Å²) in [5.74, 6) is 0.602. The Hall–Kier alpha value is -1.75. The molecule has 0 spiro atoms. The molecule has 1 rings (SSSR count). The molecule has 5 heteroatoms. The molecule has 0 aromatic heterocycles. The van der Waals surface area contributed by atoms with E-state index in [4.69, 9.17) is 15.2 Å². The predicted molar refractivity (Wildman–Crippen MR) is 92.7 cm³/mol. The molecule has 0 saturated heterocycles. The lowest BCUT2D eigenvalue weighted by atomic mass is 9.82. The Labute approximate surface area is 139 Å². The first kappa shape index (κ1) is 19.3. The van der Waals surface area contributed by atoms with Gasteiger partial charge in [0.15, 0.2) is 18.1 Å². The van der Waals surface area contributed by atoms with Crippen molar-refractivity contribution >= 4 is 5.91 Å². The molecule has 1 aromatic rings. The van der Waals surface area contributed by atoms with Gasteiger partial charge in [0.05, 0.1) is 7.11 Å². The molecule has 0 aliphatic carbocycles. The molecule has 130 valence electrons. The standard InChI is InChI=1S/C18H30N2O3/c1-17(2,3)12-18(4,5)20-10-13-7-8-14(15(9-13)22-6)23-11-16(19)21/h7-9,20H,10-12H2,1-6H3,(H2,19,21). The second-order valence-electron chi connectivity index (χ2n) is 7.72. The van der Waals surface area contributed by atoms with Crippen molar-refractivity contribution in [2.24, 2.45) is 11.1 Å². The molecule has 1 amide bonds. The number of amides is 1. The van der Waals surface area contributed by atoms with Gasteiger partial charge in [0.2, 0.25) is 0 Å². The summed E-state index contributed by atoms with van der Waals surface area (Å²) in [5.41, 5.74) is 6.48. The van der Waals surface area contributed by atoms with E-state index in [0.29, 0.717) is 11.5 Å². The minimum atomic E-state index is -0.512. The van der Waals surface area contributed by atoms with Gasteiger partial charge in [0, 0.05) is 12.1 Å². The maximum absolute atomic E-state index is 10.8. The van der Waals surface area contributed by atoms with Crippen molar-refractivity contribution in [3.05, 3.63) is 23.8 Å². The van der Waals surface area contributed by atoms with Crippen molar-refractivity contribution in [3.63, 3.8) is 0 Å². The summed E-state index contributed by atoms with van der Waals surface area (Å²) >= 11 is 0. The fraction of sp³-hybridized carbons (Fsp3) is 0.611. The Balaban J connectivity index is 2.73. The maximum atomic E-state index is 10.8. The summed E-state index contributed by atoms with van der Waals surface area (Å²) < 4.78 is 10.7. The van der Waals surface area contributed by atoms with Gasteiger partial charge in [-0.1, -0.05) is 26.8 Å². The van der Waals surface area contributed by atoms with Gasteiger partial charge in [0.1, 0.15) is 0 Å². The Bertz CT molecular complexity index is 534. The first-order chi connectivity index (χ1) is 10.5. The molecule has 0 unspecified atom stereocenters. The van der Waals surface area contributed by atoms with Crippen LogP contribution in [0.3, 0.4) is 0 Å². The van der Waals surface area contributed by atoms with Crippen molar-refractivity contribution < 1.29 is 14.3 Å². The normalized spacial score (nSPS) is 12.1. The number of primary amides is 1. The summed E-state index contributed by atoms with van der Waals surface area (Å²) in [6, 6.07) is 5.67. The van der Waals surface area contributed by atoms with E-state index in [9.17, 15) is 4.79 Å². The van der Waals surface area contributed by atoms with Crippen molar-refractivity contribution in [1.29, 1.82) is 0 Å². The van der Waals surface area contributed by atoms with Gasteiger partial charge in [-0.15, -0.1) is 0 Å². The highest BCUT2D eigenvalue weighted by Gasteiger charge is 2.24. The lowest BCUT2D eigenvalue weighted by Crippen LogP contribution is -2.41. The molecule has 0 bridgehead atoms. The molecular weight excluding hydrogens is 292 g/mol. The number of hydrogen-bond acceptors (Lipinski definition) is 4. The van der Waals surface area contributed by atoms with E-state index >= 15 is 0 Å². The van der Waals surface area contributed by atoms with Gasteiger partial charge < -0.3 is 20.5 Å². The summed E-state index contributed by atoms with van der Waals surface area (Å²) in [7, 11) is 1.58. The zero-order valence-corrected chi connectivity index (χ0v) is 15.2. The molecule has 0 saturated carbocycles. The van der Waals surface area contributed by atoms with Crippen LogP contribution in [0.15, 0.2) is 18.2 Å². The molecule has 0 atom stereocenters. The predicted octanol–water partition coefficient (Wildman–Crippen LogP) is 2.86. The average Bonchev–Trinajstić information content (AvgIpc) is 2.40. The third-order valence-electron chi connectivity index (χ3n) is 3.34. The van der Waals surface area contributed by atoms with E-state index in [1.54, 1.807) is 13.2 Å². The molecule has 1 aromatic carbocycles. The number of carbonyl (C=O) groups is 1. The summed E-state index contributed by atoms with van der Waals surface area (Å²) in [6.45, 7) is 11.7. The lowest BCUT2D eigenvalue weighted by Gasteiger charge is -2.33. The van der Waals surface area contributed by atoms with Crippen LogP contribution >= 0.6 is 0 Å². The fourth-order valence-corrected chi connectivity index (χ4v) is 2.82. The zero-order valence-electron chi connectivity index (χ0n) is 15.2. The van der Waals surface area contributed by atoms with Gasteiger partial charge in [-0.25, -0.2) is 0 Å². The molecule has 5 nitrogen and oxygen atoms in total. The largest absolute Gasteiger partial charge is 0.493 e. The van der Waals surface area contributed by atoms with Gasteiger partial charge in [-0.05, 0) is 43.4 Å². The summed E-state index contributed by atoms with van der Waals surface area (Å²) in [4.78, 5) is 10.8. The minimum Gasteiger partial charge on any atom is -0.493 e. The highest BCUT2D eigenvalue weighted by atomic mass is 16.5. The van der Waals surface area contributed by atoms with Crippen molar-refractivity contribution in [2.45, 2.75) is 53.1 Å². The number of ether oxygens (including phenoxy) is 2. The van der Waals surface area contributed by atoms with Gasteiger partial charge in [-0.2, -0.15) is 0 Å². The second kappa shape index (κ2) is 7.68.